The Balaban J connectivity index is 2.35. The zero-order chi connectivity index (χ0) is 12.3. The quantitative estimate of drug-likeness (QED) is 0.920. The SMILES string of the molecule is CCNC(c1ccc(C)cc1)c1ccoc1Br. The summed E-state index contributed by atoms with van der Waals surface area (Å²) in [6, 6.07) is 10.7. The second kappa shape index (κ2) is 5.52. The number of benzene rings is 1. The third-order valence-corrected chi connectivity index (χ3v) is 3.42. The van der Waals surface area contributed by atoms with Gasteiger partial charge in [-0.05, 0) is 41.0 Å². The maximum Gasteiger partial charge on any atom is 0.174 e. The third-order valence-electron chi connectivity index (χ3n) is 2.78. The first-order valence-electron chi connectivity index (χ1n) is 5.75. The van der Waals surface area contributed by atoms with Crippen molar-refractivity contribution in [2.75, 3.05) is 6.54 Å². The van der Waals surface area contributed by atoms with E-state index in [4.69, 9.17) is 4.42 Å². The number of rotatable bonds is 4. The van der Waals surface area contributed by atoms with E-state index in [0.717, 1.165) is 16.8 Å². The first-order chi connectivity index (χ1) is 8.22. The van der Waals surface area contributed by atoms with Gasteiger partial charge >= 0.3 is 0 Å². The first-order valence-corrected chi connectivity index (χ1v) is 6.54. The van der Waals surface area contributed by atoms with Crippen molar-refractivity contribution < 1.29 is 4.42 Å². The lowest BCUT2D eigenvalue weighted by Gasteiger charge is -2.17. The molecule has 90 valence electrons. The molecule has 0 saturated carbocycles. The van der Waals surface area contributed by atoms with E-state index in [1.54, 1.807) is 6.26 Å². The molecule has 0 amide bonds. The van der Waals surface area contributed by atoms with Crippen LogP contribution in [0.15, 0.2) is 45.7 Å². The summed E-state index contributed by atoms with van der Waals surface area (Å²) in [7, 11) is 0. The lowest BCUT2D eigenvalue weighted by molar-refractivity contribution is 0.526. The van der Waals surface area contributed by atoms with Crippen LogP contribution in [0.5, 0.6) is 0 Å². The molecule has 0 fully saturated rings. The second-order valence-corrected chi connectivity index (χ2v) is 4.77. The van der Waals surface area contributed by atoms with Crippen LogP contribution in [0.1, 0.15) is 29.7 Å². The molecule has 1 N–H and O–H groups in total. The molecular formula is C14H16BrNO. The fraction of sp³-hybridized carbons (Fsp3) is 0.286. The Hall–Kier alpha value is -1.06. The molecule has 0 aliphatic rings. The van der Waals surface area contributed by atoms with E-state index < -0.39 is 0 Å². The van der Waals surface area contributed by atoms with Crippen LogP contribution in [0.4, 0.5) is 0 Å². The fourth-order valence-electron chi connectivity index (χ4n) is 1.88. The van der Waals surface area contributed by atoms with Gasteiger partial charge in [-0.3, -0.25) is 0 Å². The molecule has 1 aromatic carbocycles. The van der Waals surface area contributed by atoms with Crippen molar-refractivity contribution in [2.45, 2.75) is 19.9 Å². The highest BCUT2D eigenvalue weighted by Crippen LogP contribution is 2.29. The molecule has 2 aromatic rings. The average molecular weight is 294 g/mol. The molecule has 1 aromatic heterocycles. The number of hydrogen-bond donors (Lipinski definition) is 1. The van der Waals surface area contributed by atoms with Gasteiger partial charge in [-0.2, -0.15) is 0 Å². The highest BCUT2D eigenvalue weighted by atomic mass is 79.9. The minimum absolute atomic E-state index is 0.175. The summed E-state index contributed by atoms with van der Waals surface area (Å²) in [5.74, 6) is 0. The molecule has 2 rings (SSSR count). The fourth-order valence-corrected chi connectivity index (χ4v) is 2.35. The van der Waals surface area contributed by atoms with Gasteiger partial charge in [-0.1, -0.05) is 36.8 Å². The predicted octanol–water partition coefficient (Wildman–Crippen LogP) is 4.05. The van der Waals surface area contributed by atoms with Crippen molar-refractivity contribution >= 4 is 15.9 Å². The maximum atomic E-state index is 5.31. The van der Waals surface area contributed by atoms with Crippen molar-refractivity contribution in [2.24, 2.45) is 0 Å². The summed E-state index contributed by atoms with van der Waals surface area (Å²) in [6.45, 7) is 5.12. The van der Waals surface area contributed by atoms with Crippen molar-refractivity contribution in [1.29, 1.82) is 0 Å². The molecule has 1 atom stereocenters. The Kier molecular flexibility index (Phi) is 4.02. The minimum Gasteiger partial charge on any atom is -0.457 e. The molecule has 0 radical (unpaired) electrons. The lowest BCUT2D eigenvalue weighted by Crippen LogP contribution is -2.21. The number of halogens is 1. The van der Waals surface area contributed by atoms with Gasteiger partial charge in [0, 0.05) is 5.56 Å². The van der Waals surface area contributed by atoms with Crippen LogP contribution in [0.3, 0.4) is 0 Å². The third kappa shape index (κ3) is 2.79. The molecule has 0 aliphatic carbocycles. The zero-order valence-corrected chi connectivity index (χ0v) is 11.6. The first kappa shape index (κ1) is 12.4. The molecule has 17 heavy (non-hydrogen) atoms. The van der Waals surface area contributed by atoms with Crippen LogP contribution in [-0.4, -0.2) is 6.54 Å². The van der Waals surface area contributed by atoms with E-state index in [1.165, 1.54) is 11.1 Å². The average Bonchev–Trinajstić information content (AvgIpc) is 2.74. The van der Waals surface area contributed by atoms with Crippen LogP contribution in [0, 0.1) is 6.92 Å². The summed E-state index contributed by atoms with van der Waals surface area (Å²) in [6.07, 6.45) is 1.71. The maximum absolute atomic E-state index is 5.31. The molecule has 2 nitrogen and oxygen atoms in total. The van der Waals surface area contributed by atoms with E-state index in [9.17, 15) is 0 Å². The largest absolute Gasteiger partial charge is 0.457 e. The molecule has 0 aliphatic heterocycles. The Labute approximate surface area is 110 Å². The molecule has 0 bridgehead atoms. The Bertz CT molecular complexity index is 475. The topological polar surface area (TPSA) is 25.2 Å². The summed E-state index contributed by atoms with van der Waals surface area (Å²) >= 11 is 3.44. The van der Waals surface area contributed by atoms with Crippen molar-refractivity contribution in [1.82, 2.24) is 5.32 Å². The van der Waals surface area contributed by atoms with Crippen LogP contribution in [0.2, 0.25) is 0 Å². The standard InChI is InChI=1S/C14H16BrNO/c1-3-16-13(12-8-9-17-14(12)15)11-6-4-10(2)5-7-11/h4-9,13,16H,3H2,1-2H3. The number of aryl methyl sites for hydroxylation is 1. The van der Waals surface area contributed by atoms with Crippen molar-refractivity contribution in [3.63, 3.8) is 0 Å². The van der Waals surface area contributed by atoms with Gasteiger partial charge < -0.3 is 9.73 Å². The highest BCUT2D eigenvalue weighted by Gasteiger charge is 2.17. The van der Waals surface area contributed by atoms with Crippen LogP contribution < -0.4 is 5.32 Å². The number of nitrogens with one attached hydrogen (secondary N) is 1. The molecule has 1 heterocycles. The minimum atomic E-state index is 0.175. The van der Waals surface area contributed by atoms with Crippen LogP contribution in [0.25, 0.3) is 0 Å². The lowest BCUT2D eigenvalue weighted by atomic mass is 10.0. The Morgan fingerprint density at radius 1 is 1.24 bits per heavy atom. The molecule has 1 unspecified atom stereocenters. The van der Waals surface area contributed by atoms with Gasteiger partial charge in [-0.25, -0.2) is 0 Å². The Morgan fingerprint density at radius 3 is 2.47 bits per heavy atom. The van der Waals surface area contributed by atoms with E-state index in [2.05, 4.69) is 59.4 Å². The second-order valence-electron chi connectivity index (χ2n) is 4.05. The van der Waals surface area contributed by atoms with E-state index in [1.807, 2.05) is 6.07 Å². The van der Waals surface area contributed by atoms with E-state index in [-0.39, 0.29) is 6.04 Å². The van der Waals surface area contributed by atoms with Gasteiger partial charge in [0.25, 0.3) is 0 Å². The van der Waals surface area contributed by atoms with Gasteiger partial charge in [0.05, 0.1) is 12.3 Å². The van der Waals surface area contributed by atoms with Gasteiger partial charge in [-0.15, -0.1) is 0 Å². The molecular weight excluding hydrogens is 278 g/mol. The normalized spacial score (nSPS) is 12.6. The van der Waals surface area contributed by atoms with Gasteiger partial charge in [0.2, 0.25) is 0 Å². The molecule has 3 heteroatoms. The molecule has 0 spiro atoms. The molecule has 0 saturated heterocycles. The highest BCUT2D eigenvalue weighted by molar-refractivity contribution is 9.10. The van der Waals surface area contributed by atoms with Crippen LogP contribution >= 0.6 is 15.9 Å². The number of hydrogen-bond acceptors (Lipinski definition) is 2. The van der Waals surface area contributed by atoms with Crippen LogP contribution in [-0.2, 0) is 0 Å². The number of furan rings is 1. The van der Waals surface area contributed by atoms with Gasteiger partial charge in [0.15, 0.2) is 4.67 Å². The smallest absolute Gasteiger partial charge is 0.174 e. The summed E-state index contributed by atoms with van der Waals surface area (Å²) < 4.78 is 6.11. The summed E-state index contributed by atoms with van der Waals surface area (Å²) in [5, 5.41) is 3.47. The summed E-state index contributed by atoms with van der Waals surface area (Å²) in [5.41, 5.74) is 3.66. The Morgan fingerprint density at radius 2 is 1.94 bits per heavy atom. The zero-order valence-electron chi connectivity index (χ0n) is 10.0. The van der Waals surface area contributed by atoms with Gasteiger partial charge in [0.1, 0.15) is 0 Å². The van der Waals surface area contributed by atoms with Crippen molar-refractivity contribution in [3.8, 4) is 0 Å². The van der Waals surface area contributed by atoms with E-state index >= 15 is 0 Å². The monoisotopic (exact) mass is 293 g/mol. The summed E-state index contributed by atoms with van der Waals surface area (Å²) in [4.78, 5) is 0. The van der Waals surface area contributed by atoms with Crippen molar-refractivity contribution in [3.05, 3.63) is 58.0 Å². The predicted molar refractivity (Wildman–Crippen MR) is 73.1 cm³/mol. The van der Waals surface area contributed by atoms with E-state index in [0.29, 0.717) is 0 Å².